The highest BCUT2D eigenvalue weighted by Gasteiger charge is 2.19. The molecule has 0 heterocycles. The number of aliphatic hydroxyl groups is 1. The van der Waals surface area contributed by atoms with Crippen LogP contribution in [0.15, 0.2) is 4.99 Å². The van der Waals surface area contributed by atoms with E-state index in [1.807, 2.05) is 0 Å². The van der Waals surface area contributed by atoms with Crippen molar-refractivity contribution in [3.8, 4) is 0 Å². The average Bonchev–Trinajstić information content (AvgIpc) is 2.29. The van der Waals surface area contributed by atoms with Crippen molar-refractivity contribution in [2.24, 2.45) is 4.99 Å². The fourth-order valence-corrected chi connectivity index (χ4v) is 1.96. The summed E-state index contributed by atoms with van der Waals surface area (Å²) in [6.07, 6.45) is 4.87. The zero-order valence-corrected chi connectivity index (χ0v) is 13.2. The Hall–Kier alpha value is -0.0400. The first kappa shape index (κ1) is 17.0. The molecule has 17 heavy (non-hydrogen) atoms. The number of aliphatic imine (C=N–C) groups is 1. The fourth-order valence-electron chi connectivity index (χ4n) is 1.96. The normalized spacial score (nSPS) is 25.0. The van der Waals surface area contributed by atoms with E-state index in [4.69, 9.17) is 0 Å². The number of aliphatic hydroxyl groups excluding tert-OH is 1. The third-order valence-corrected chi connectivity index (χ3v) is 2.88. The van der Waals surface area contributed by atoms with Gasteiger partial charge in [0, 0.05) is 19.1 Å². The minimum Gasteiger partial charge on any atom is -0.393 e. The van der Waals surface area contributed by atoms with E-state index in [0.29, 0.717) is 6.04 Å². The number of halogens is 1. The third kappa shape index (κ3) is 7.08. The Bertz CT molecular complexity index is 216. The number of rotatable bonds is 4. The van der Waals surface area contributed by atoms with Crippen LogP contribution in [0.3, 0.4) is 0 Å². The minimum atomic E-state index is -0.0896. The second-order valence-electron chi connectivity index (χ2n) is 4.41. The van der Waals surface area contributed by atoms with Crippen molar-refractivity contribution in [2.75, 3.05) is 13.1 Å². The van der Waals surface area contributed by atoms with Gasteiger partial charge in [-0.25, -0.2) is 0 Å². The molecular weight excluding hydrogens is 329 g/mol. The van der Waals surface area contributed by atoms with Crippen molar-refractivity contribution >= 4 is 29.9 Å². The predicted octanol–water partition coefficient (Wildman–Crippen LogP) is 1.87. The molecule has 0 aromatic heterocycles. The SMILES string of the molecule is CCCN=C(NCC)NC1CCC(O)CC1.I. The van der Waals surface area contributed by atoms with Gasteiger partial charge in [-0.3, -0.25) is 4.99 Å². The summed E-state index contributed by atoms with van der Waals surface area (Å²) in [5.41, 5.74) is 0. The molecule has 1 fully saturated rings. The Morgan fingerprint density at radius 1 is 1.24 bits per heavy atom. The van der Waals surface area contributed by atoms with E-state index >= 15 is 0 Å². The van der Waals surface area contributed by atoms with Crippen molar-refractivity contribution < 1.29 is 5.11 Å². The van der Waals surface area contributed by atoms with Crippen molar-refractivity contribution in [2.45, 2.75) is 58.1 Å². The van der Waals surface area contributed by atoms with Gasteiger partial charge >= 0.3 is 0 Å². The van der Waals surface area contributed by atoms with Crippen molar-refractivity contribution in [3.63, 3.8) is 0 Å². The van der Waals surface area contributed by atoms with Gasteiger partial charge in [-0.15, -0.1) is 24.0 Å². The van der Waals surface area contributed by atoms with Crippen LogP contribution in [0.1, 0.15) is 46.0 Å². The van der Waals surface area contributed by atoms with Gasteiger partial charge in [0.2, 0.25) is 0 Å². The van der Waals surface area contributed by atoms with Gasteiger partial charge in [0.05, 0.1) is 6.10 Å². The largest absolute Gasteiger partial charge is 0.393 e. The summed E-state index contributed by atoms with van der Waals surface area (Å²) in [6, 6.07) is 0.470. The molecule has 4 nitrogen and oxygen atoms in total. The molecule has 1 aliphatic carbocycles. The smallest absolute Gasteiger partial charge is 0.191 e. The third-order valence-electron chi connectivity index (χ3n) is 2.88. The van der Waals surface area contributed by atoms with Crippen LogP contribution in [0.25, 0.3) is 0 Å². The van der Waals surface area contributed by atoms with E-state index in [0.717, 1.165) is 51.2 Å². The van der Waals surface area contributed by atoms with Crippen LogP contribution in [0.4, 0.5) is 0 Å². The molecule has 0 aromatic carbocycles. The maximum Gasteiger partial charge on any atom is 0.191 e. The zero-order chi connectivity index (χ0) is 11.8. The first-order valence-corrected chi connectivity index (χ1v) is 6.49. The van der Waals surface area contributed by atoms with E-state index in [-0.39, 0.29) is 30.1 Å². The number of nitrogens with one attached hydrogen (secondary N) is 2. The van der Waals surface area contributed by atoms with Crippen molar-refractivity contribution in [1.82, 2.24) is 10.6 Å². The lowest BCUT2D eigenvalue weighted by molar-refractivity contribution is 0.120. The van der Waals surface area contributed by atoms with E-state index in [1.165, 1.54) is 0 Å². The lowest BCUT2D eigenvalue weighted by Gasteiger charge is -2.27. The summed E-state index contributed by atoms with van der Waals surface area (Å²) >= 11 is 0. The fraction of sp³-hybridized carbons (Fsp3) is 0.917. The van der Waals surface area contributed by atoms with Crippen LogP contribution in [0.2, 0.25) is 0 Å². The molecule has 0 saturated heterocycles. The van der Waals surface area contributed by atoms with E-state index in [9.17, 15) is 5.11 Å². The molecule has 0 aromatic rings. The molecule has 0 radical (unpaired) electrons. The van der Waals surface area contributed by atoms with E-state index in [2.05, 4.69) is 29.5 Å². The second-order valence-corrected chi connectivity index (χ2v) is 4.41. The molecule has 1 rings (SSSR count). The lowest BCUT2D eigenvalue weighted by Crippen LogP contribution is -2.45. The molecule has 0 atom stereocenters. The Balaban J connectivity index is 0.00000256. The predicted molar refractivity (Wildman–Crippen MR) is 83.1 cm³/mol. The molecule has 0 amide bonds. The maximum atomic E-state index is 9.43. The minimum absolute atomic E-state index is 0. The standard InChI is InChI=1S/C12H25N3O.HI/c1-3-9-14-12(13-4-2)15-10-5-7-11(16)8-6-10;/h10-11,16H,3-9H2,1-2H3,(H2,13,14,15);1H. The first-order chi connectivity index (χ1) is 7.76. The van der Waals surface area contributed by atoms with Gasteiger partial charge in [-0.2, -0.15) is 0 Å². The Morgan fingerprint density at radius 2 is 1.88 bits per heavy atom. The Kier molecular flexibility index (Phi) is 9.91. The lowest BCUT2D eigenvalue weighted by atomic mass is 9.93. The van der Waals surface area contributed by atoms with Gasteiger partial charge in [-0.05, 0) is 39.0 Å². The number of hydrogen-bond donors (Lipinski definition) is 3. The van der Waals surface area contributed by atoms with Gasteiger partial charge in [0.25, 0.3) is 0 Å². The van der Waals surface area contributed by atoms with Crippen LogP contribution in [0.5, 0.6) is 0 Å². The molecule has 102 valence electrons. The monoisotopic (exact) mass is 355 g/mol. The summed E-state index contributed by atoms with van der Waals surface area (Å²) in [6.45, 7) is 5.97. The van der Waals surface area contributed by atoms with Crippen molar-refractivity contribution in [3.05, 3.63) is 0 Å². The molecular formula is C12H26IN3O. The van der Waals surface area contributed by atoms with Crippen LogP contribution >= 0.6 is 24.0 Å². The molecule has 3 N–H and O–H groups in total. The number of nitrogens with zero attached hydrogens (tertiary/aromatic N) is 1. The maximum absolute atomic E-state index is 9.43. The van der Waals surface area contributed by atoms with Gasteiger partial charge in [0.1, 0.15) is 0 Å². The van der Waals surface area contributed by atoms with E-state index < -0.39 is 0 Å². The highest BCUT2D eigenvalue weighted by Crippen LogP contribution is 2.18. The van der Waals surface area contributed by atoms with Gasteiger partial charge in [-0.1, -0.05) is 6.92 Å². The topological polar surface area (TPSA) is 56.7 Å². The molecule has 1 saturated carbocycles. The summed E-state index contributed by atoms with van der Waals surface area (Å²) < 4.78 is 0. The second kappa shape index (κ2) is 9.94. The highest BCUT2D eigenvalue weighted by atomic mass is 127. The highest BCUT2D eigenvalue weighted by molar-refractivity contribution is 14.0. The molecule has 0 bridgehead atoms. The Labute approximate surface area is 122 Å². The van der Waals surface area contributed by atoms with Gasteiger partial charge < -0.3 is 15.7 Å². The van der Waals surface area contributed by atoms with Crippen LogP contribution in [-0.4, -0.2) is 36.3 Å². The molecule has 5 heteroatoms. The number of guanidine groups is 1. The number of hydrogen-bond acceptors (Lipinski definition) is 2. The van der Waals surface area contributed by atoms with Crippen LogP contribution in [0, 0.1) is 0 Å². The summed E-state index contributed by atoms with van der Waals surface area (Å²) in [5, 5.41) is 16.1. The molecule has 0 unspecified atom stereocenters. The summed E-state index contributed by atoms with van der Waals surface area (Å²) in [7, 11) is 0. The zero-order valence-electron chi connectivity index (χ0n) is 10.9. The first-order valence-electron chi connectivity index (χ1n) is 6.49. The van der Waals surface area contributed by atoms with E-state index in [1.54, 1.807) is 0 Å². The molecule has 0 aliphatic heterocycles. The van der Waals surface area contributed by atoms with Gasteiger partial charge in [0.15, 0.2) is 5.96 Å². The molecule has 1 aliphatic rings. The summed E-state index contributed by atoms with van der Waals surface area (Å²) in [5.74, 6) is 0.922. The quantitative estimate of drug-likeness (QED) is 0.410. The molecule has 0 spiro atoms. The Morgan fingerprint density at radius 3 is 2.41 bits per heavy atom. The van der Waals surface area contributed by atoms with Crippen LogP contribution in [-0.2, 0) is 0 Å². The summed E-state index contributed by atoms with van der Waals surface area (Å²) in [4.78, 5) is 4.48. The van der Waals surface area contributed by atoms with Crippen molar-refractivity contribution in [1.29, 1.82) is 0 Å². The van der Waals surface area contributed by atoms with Crippen LogP contribution < -0.4 is 10.6 Å². The average molecular weight is 355 g/mol.